The molecule has 120 valence electrons. The predicted octanol–water partition coefficient (Wildman–Crippen LogP) is 3.20. The van der Waals surface area contributed by atoms with Crippen LogP contribution in [0.4, 0.5) is 4.79 Å². The quantitative estimate of drug-likeness (QED) is 0.516. The molecule has 0 heterocycles. The number of amides is 1. The molecule has 1 aromatic rings. The van der Waals surface area contributed by atoms with Crippen molar-refractivity contribution in [3.05, 3.63) is 35.9 Å². The van der Waals surface area contributed by atoms with Crippen LogP contribution in [0.3, 0.4) is 0 Å². The average Bonchev–Trinajstić information content (AvgIpc) is 2.45. The van der Waals surface area contributed by atoms with Gasteiger partial charge in [0.15, 0.2) is 0 Å². The fourth-order valence-corrected chi connectivity index (χ4v) is 1.71. The van der Waals surface area contributed by atoms with E-state index < -0.39 is 11.7 Å². The average molecular weight is 303 g/mol. The Morgan fingerprint density at radius 2 is 1.95 bits per heavy atom. The van der Waals surface area contributed by atoms with Crippen LogP contribution in [0.1, 0.15) is 39.2 Å². The number of rotatable bonds is 5. The number of carbonyl (C=O) groups is 1. The maximum Gasteiger partial charge on any atom is 0.422 e. The molecular formula is C18H25NO3. The van der Waals surface area contributed by atoms with Crippen LogP contribution in [0, 0.1) is 12.0 Å². The Labute approximate surface area is 133 Å². The first-order valence-electron chi connectivity index (χ1n) is 7.56. The van der Waals surface area contributed by atoms with Crippen molar-refractivity contribution in [3.8, 4) is 12.0 Å². The van der Waals surface area contributed by atoms with Gasteiger partial charge in [-0.05, 0) is 39.2 Å². The van der Waals surface area contributed by atoms with Crippen LogP contribution in [0.25, 0.3) is 0 Å². The van der Waals surface area contributed by atoms with Crippen molar-refractivity contribution in [2.24, 2.45) is 0 Å². The molecule has 0 bridgehead atoms. The highest BCUT2D eigenvalue weighted by Gasteiger charge is 2.20. The minimum atomic E-state index is -0.547. The van der Waals surface area contributed by atoms with Crippen LogP contribution in [-0.2, 0) is 11.2 Å². The second-order valence-electron chi connectivity index (χ2n) is 5.98. The lowest BCUT2D eigenvalue weighted by atomic mass is 10.1. The molecule has 0 radical (unpaired) electrons. The zero-order valence-corrected chi connectivity index (χ0v) is 13.6. The molecule has 0 fully saturated rings. The molecule has 1 aromatic carbocycles. The fraction of sp³-hybridized carbons (Fsp3) is 0.500. The molecule has 0 atom stereocenters. The molecule has 0 spiro atoms. The molecule has 1 amide bonds. The highest BCUT2D eigenvalue weighted by molar-refractivity contribution is 5.70. The van der Waals surface area contributed by atoms with Gasteiger partial charge in [-0.25, -0.2) is 9.69 Å². The van der Waals surface area contributed by atoms with Crippen molar-refractivity contribution in [3.63, 3.8) is 0 Å². The molecule has 0 saturated carbocycles. The molecule has 4 nitrogen and oxygen atoms in total. The van der Waals surface area contributed by atoms with Crippen LogP contribution < -0.4 is 0 Å². The summed E-state index contributed by atoms with van der Waals surface area (Å²) in [5, 5.41) is 8.77. The number of ether oxygens (including phenoxy) is 1. The molecule has 4 heteroatoms. The second kappa shape index (κ2) is 9.11. The molecule has 0 aromatic heterocycles. The highest BCUT2D eigenvalue weighted by Crippen LogP contribution is 2.10. The summed E-state index contributed by atoms with van der Waals surface area (Å²) in [6.45, 7) is 6.08. The summed E-state index contributed by atoms with van der Waals surface area (Å²) in [5.74, 6) is 2.90. The van der Waals surface area contributed by atoms with Gasteiger partial charge >= 0.3 is 6.09 Å². The number of benzene rings is 1. The number of hydrogen-bond acceptors (Lipinski definition) is 3. The lowest BCUT2D eigenvalue weighted by molar-refractivity contribution is 0.0353. The van der Waals surface area contributed by atoms with Crippen molar-refractivity contribution < 1.29 is 14.6 Å². The Balaban J connectivity index is 2.68. The van der Waals surface area contributed by atoms with Crippen LogP contribution in [0.5, 0.6) is 0 Å². The van der Waals surface area contributed by atoms with Crippen molar-refractivity contribution in [1.29, 1.82) is 0 Å². The van der Waals surface area contributed by atoms with E-state index in [1.54, 1.807) is 0 Å². The first-order valence-corrected chi connectivity index (χ1v) is 7.56. The third kappa shape index (κ3) is 7.70. The van der Waals surface area contributed by atoms with E-state index in [2.05, 4.69) is 12.0 Å². The van der Waals surface area contributed by atoms with Crippen molar-refractivity contribution in [2.75, 3.05) is 13.2 Å². The fourth-order valence-electron chi connectivity index (χ4n) is 1.71. The number of nitrogens with zero attached hydrogens (tertiary/aromatic N) is 1. The van der Waals surface area contributed by atoms with Gasteiger partial charge in [-0.3, -0.25) is 0 Å². The third-order valence-corrected chi connectivity index (χ3v) is 2.75. The number of aliphatic hydroxyl groups excluding tert-OH is 1. The van der Waals surface area contributed by atoms with E-state index in [1.165, 1.54) is 4.90 Å². The standard InChI is InChI=1S/C18H25NO3/c1-18(2,3)22-17(21)19(13-8-5-9-15-20)14-12-16-10-6-4-7-11-16/h4,6-7,10-11,20H,5,9,12,14-15H2,1-3H3. The molecule has 0 unspecified atom stereocenters. The summed E-state index contributed by atoms with van der Waals surface area (Å²) in [4.78, 5) is 13.6. The first kappa shape index (κ1) is 18.1. The summed E-state index contributed by atoms with van der Waals surface area (Å²) in [6, 6.07) is 12.8. The molecule has 1 N–H and O–H groups in total. The maximum absolute atomic E-state index is 12.2. The molecule has 0 aliphatic heterocycles. The van der Waals surface area contributed by atoms with Gasteiger partial charge < -0.3 is 9.84 Å². The Morgan fingerprint density at radius 1 is 1.27 bits per heavy atom. The SMILES string of the molecule is CC(C)(C)OC(=O)N(C#CCCCO)CCc1ccccc1. The van der Waals surface area contributed by atoms with Gasteiger partial charge in [-0.2, -0.15) is 0 Å². The second-order valence-corrected chi connectivity index (χ2v) is 5.98. The van der Waals surface area contributed by atoms with E-state index >= 15 is 0 Å². The highest BCUT2D eigenvalue weighted by atomic mass is 16.6. The predicted molar refractivity (Wildman–Crippen MR) is 87.2 cm³/mol. The van der Waals surface area contributed by atoms with Crippen molar-refractivity contribution in [1.82, 2.24) is 4.90 Å². The van der Waals surface area contributed by atoms with Crippen LogP contribution in [0.15, 0.2) is 30.3 Å². The van der Waals surface area contributed by atoms with Gasteiger partial charge in [-0.15, -0.1) is 0 Å². The summed E-state index contributed by atoms with van der Waals surface area (Å²) >= 11 is 0. The number of aliphatic hydroxyl groups is 1. The maximum atomic E-state index is 12.2. The minimum Gasteiger partial charge on any atom is -0.443 e. The lowest BCUT2D eigenvalue weighted by Gasteiger charge is -2.23. The van der Waals surface area contributed by atoms with Gasteiger partial charge in [-0.1, -0.05) is 36.3 Å². The Kier molecular flexibility index (Phi) is 7.48. The van der Waals surface area contributed by atoms with E-state index in [-0.39, 0.29) is 6.61 Å². The smallest absolute Gasteiger partial charge is 0.422 e. The van der Waals surface area contributed by atoms with Crippen LogP contribution in [-0.4, -0.2) is 34.9 Å². The molecule has 1 rings (SSSR count). The lowest BCUT2D eigenvalue weighted by Crippen LogP contribution is -2.35. The number of unbranched alkanes of at least 4 members (excludes halogenated alkanes) is 1. The summed E-state index contributed by atoms with van der Waals surface area (Å²) in [7, 11) is 0. The van der Waals surface area contributed by atoms with E-state index in [0.717, 1.165) is 12.0 Å². The topological polar surface area (TPSA) is 49.8 Å². The van der Waals surface area contributed by atoms with Gasteiger partial charge in [0.25, 0.3) is 0 Å². The first-order chi connectivity index (χ1) is 10.4. The van der Waals surface area contributed by atoms with Gasteiger partial charge in [0, 0.05) is 25.6 Å². The van der Waals surface area contributed by atoms with Gasteiger partial charge in [0.1, 0.15) is 5.60 Å². The largest absolute Gasteiger partial charge is 0.443 e. The molecule has 0 saturated heterocycles. The zero-order valence-electron chi connectivity index (χ0n) is 13.6. The third-order valence-electron chi connectivity index (χ3n) is 2.75. The van der Waals surface area contributed by atoms with Gasteiger partial charge in [0.05, 0.1) is 0 Å². The van der Waals surface area contributed by atoms with E-state index in [0.29, 0.717) is 19.4 Å². The van der Waals surface area contributed by atoms with Crippen molar-refractivity contribution in [2.45, 2.75) is 45.6 Å². The van der Waals surface area contributed by atoms with E-state index in [9.17, 15) is 4.79 Å². The normalized spacial score (nSPS) is 10.5. The molecular weight excluding hydrogens is 278 g/mol. The van der Waals surface area contributed by atoms with Gasteiger partial charge in [0.2, 0.25) is 0 Å². The summed E-state index contributed by atoms with van der Waals surface area (Å²) in [5.41, 5.74) is 0.600. The van der Waals surface area contributed by atoms with E-state index in [1.807, 2.05) is 51.1 Å². The Bertz CT molecular complexity index is 509. The van der Waals surface area contributed by atoms with Crippen molar-refractivity contribution >= 4 is 6.09 Å². The van der Waals surface area contributed by atoms with Crippen LogP contribution in [0.2, 0.25) is 0 Å². The Morgan fingerprint density at radius 3 is 2.55 bits per heavy atom. The molecule has 0 aliphatic carbocycles. The summed E-state index contributed by atoms with van der Waals surface area (Å²) in [6.07, 6.45) is 1.45. The monoisotopic (exact) mass is 303 g/mol. The molecule has 0 aliphatic rings. The van der Waals surface area contributed by atoms with Crippen LogP contribution >= 0.6 is 0 Å². The zero-order chi connectivity index (χ0) is 16.4. The number of carbonyl (C=O) groups excluding carboxylic acids is 1. The van der Waals surface area contributed by atoms with E-state index in [4.69, 9.17) is 9.84 Å². The summed E-state index contributed by atoms with van der Waals surface area (Å²) < 4.78 is 5.38. The molecule has 22 heavy (non-hydrogen) atoms. The number of hydrogen-bond donors (Lipinski definition) is 1. The minimum absolute atomic E-state index is 0.102. The Hall–Kier alpha value is -1.99.